The maximum atomic E-state index is 4.31. The molecule has 0 aromatic carbocycles. The van der Waals surface area contributed by atoms with Crippen LogP contribution in [0.2, 0.25) is 0 Å². The van der Waals surface area contributed by atoms with Gasteiger partial charge in [0.25, 0.3) is 0 Å². The van der Waals surface area contributed by atoms with E-state index in [0.717, 1.165) is 18.2 Å². The molecule has 6 nitrogen and oxygen atoms in total. The molecule has 3 aliphatic rings. The summed E-state index contributed by atoms with van der Waals surface area (Å²) >= 11 is 0. The third kappa shape index (κ3) is 4.53. The van der Waals surface area contributed by atoms with E-state index in [4.69, 9.17) is 0 Å². The van der Waals surface area contributed by atoms with Crippen LogP contribution in [0, 0.1) is 0 Å². The fourth-order valence-corrected chi connectivity index (χ4v) is 3.03. The maximum absolute atomic E-state index is 4.31. The van der Waals surface area contributed by atoms with E-state index in [1.54, 1.807) is 0 Å². The summed E-state index contributed by atoms with van der Waals surface area (Å²) in [5.74, 6) is 0.846. The van der Waals surface area contributed by atoms with Crippen molar-refractivity contribution < 1.29 is 0 Å². The Hall–Kier alpha value is -0.930. The number of fused-ring (bicyclic) bond motifs is 3. The van der Waals surface area contributed by atoms with Crippen LogP contribution in [-0.4, -0.2) is 73.1 Å². The predicted molar refractivity (Wildman–Crippen MR) is 99.7 cm³/mol. The number of hydrogen-bond acceptors (Lipinski definition) is 4. The lowest BCUT2D eigenvalue weighted by Crippen LogP contribution is -2.63. The van der Waals surface area contributed by atoms with E-state index in [1.807, 2.05) is 31.4 Å². The Bertz CT molecular complexity index is 472. The highest BCUT2D eigenvalue weighted by atomic mass is 127. The Kier molecular flexibility index (Phi) is 6.84. The summed E-state index contributed by atoms with van der Waals surface area (Å²) < 4.78 is 0. The Balaban J connectivity index is 0.00000176. The number of aromatic nitrogens is 1. The average molecular weight is 416 g/mol. The molecule has 2 N–H and O–H groups in total. The molecule has 1 aromatic heterocycles. The molecular formula is C15H25IN6. The van der Waals surface area contributed by atoms with Crippen LogP contribution in [-0.2, 0) is 6.54 Å². The lowest BCUT2D eigenvalue weighted by molar-refractivity contribution is 0.0154. The second kappa shape index (κ2) is 8.64. The van der Waals surface area contributed by atoms with E-state index in [2.05, 4.69) is 30.4 Å². The molecule has 3 aliphatic heterocycles. The van der Waals surface area contributed by atoms with Crippen LogP contribution in [0.5, 0.6) is 0 Å². The van der Waals surface area contributed by atoms with Gasteiger partial charge in [-0.2, -0.15) is 0 Å². The molecule has 1 aromatic rings. The molecule has 4 heterocycles. The van der Waals surface area contributed by atoms with E-state index in [-0.39, 0.29) is 24.0 Å². The molecule has 0 saturated carbocycles. The molecule has 3 saturated heterocycles. The topological polar surface area (TPSA) is 55.8 Å². The van der Waals surface area contributed by atoms with Gasteiger partial charge in [0.15, 0.2) is 5.96 Å². The molecule has 7 heteroatoms. The normalized spacial score (nSPS) is 27.1. The second-order valence-corrected chi connectivity index (χ2v) is 5.62. The number of halogens is 1. The van der Waals surface area contributed by atoms with Gasteiger partial charge in [0.2, 0.25) is 0 Å². The molecule has 4 rings (SSSR count). The first-order valence-electron chi connectivity index (χ1n) is 7.66. The van der Waals surface area contributed by atoms with E-state index >= 15 is 0 Å². The van der Waals surface area contributed by atoms with Gasteiger partial charge in [-0.15, -0.1) is 24.0 Å². The smallest absolute Gasteiger partial charge is 0.191 e. The molecule has 1 unspecified atom stereocenters. The molecule has 122 valence electrons. The number of rotatable bonds is 4. The van der Waals surface area contributed by atoms with Crippen molar-refractivity contribution in [2.24, 2.45) is 4.99 Å². The molecule has 0 spiro atoms. The van der Waals surface area contributed by atoms with Crippen LogP contribution in [0.15, 0.2) is 29.4 Å². The van der Waals surface area contributed by atoms with Crippen molar-refractivity contribution in [3.8, 4) is 0 Å². The summed E-state index contributed by atoms with van der Waals surface area (Å²) in [7, 11) is 1.81. The minimum atomic E-state index is 0. The van der Waals surface area contributed by atoms with Crippen LogP contribution < -0.4 is 10.6 Å². The summed E-state index contributed by atoms with van der Waals surface area (Å²) in [4.78, 5) is 13.7. The highest BCUT2D eigenvalue weighted by Gasteiger charge is 2.31. The Morgan fingerprint density at radius 2 is 2.09 bits per heavy atom. The highest BCUT2D eigenvalue weighted by molar-refractivity contribution is 14.0. The molecule has 0 aliphatic carbocycles. The molecular weight excluding hydrogens is 391 g/mol. The van der Waals surface area contributed by atoms with E-state index in [9.17, 15) is 0 Å². The zero-order chi connectivity index (χ0) is 14.5. The monoisotopic (exact) mass is 416 g/mol. The number of aliphatic imine (C=N–C) groups is 1. The molecule has 0 amide bonds. The zero-order valence-corrected chi connectivity index (χ0v) is 15.4. The fourth-order valence-electron chi connectivity index (χ4n) is 3.03. The third-order valence-corrected chi connectivity index (χ3v) is 4.28. The van der Waals surface area contributed by atoms with Crippen molar-refractivity contribution in [2.45, 2.75) is 12.6 Å². The average Bonchev–Trinajstić information content (AvgIpc) is 2.57. The first kappa shape index (κ1) is 17.4. The molecule has 22 heavy (non-hydrogen) atoms. The van der Waals surface area contributed by atoms with Gasteiger partial charge < -0.3 is 10.6 Å². The van der Waals surface area contributed by atoms with Crippen molar-refractivity contribution in [1.82, 2.24) is 25.4 Å². The van der Waals surface area contributed by atoms with Crippen LogP contribution in [0.25, 0.3) is 0 Å². The number of hydrogen-bond donors (Lipinski definition) is 2. The van der Waals surface area contributed by atoms with Crippen molar-refractivity contribution in [1.29, 1.82) is 0 Å². The van der Waals surface area contributed by atoms with Gasteiger partial charge in [0.05, 0.1) is 12.2 Å². The van der Waals surface area contributed by atoms with E-state index in [1.165, 1.54) is 32.7 Å². The summed E-state index contributed by atoms with van der Waals surface area (Å²) in [5, 5.41) is 6.75. The molecule has 2 bridgehead atoms. The Labute approximate surface area is 149 Å². The second-order valence-electron chi connectivity index (χ2n) is 5.62. The minimum absolute atomic E-state index is 0. The fraction of sp³-hybridized carbons (Fsp3) is 0.600. The van der Waals surface area contributed by atoms with Gasteiger partial charge in [0, 0.05) is 58.6 Å². The summed E-state index contributed by atoms with van der Waals surface area (Å²) in [6, 6.07) is 6.54. The number of pyridine rings is 1. The Morgan fingerprint density at radius 3 is 2.68 bits per heavy atom. The summed E-state index contributed by atoms with van der Waals surface area (Å²) in [5.41, 5.74) is 1.02. The molecule has 0 radical (unpaired) electrons. The minimum Gasteiger partial charge on any atom is -0.355 e. The quantitative estimate of drug-likeness (QED) is 0.422. The first-order chi connectivity index (χ1) is 10.3. The van der Waals surface area contributed by atoms with Crippen molar-refractivity contribution in [2.75, 3.05) is 46.3 Å². The van der Waals surface area contributed by atoms with Crippen LogP contribution in [0.1, 0.15) is 5.69 Å². The van der Waals surface area contributed by atoms with Crippen molar-refractivity contribution >= 4 is 29.9 Å². The lowest BCUT2D eigenvalue weighted by Gasteiger charge is -2.47. The summed E-state index contributed by atoms with van der Waals surface area (Å²) in [6.45, 7) is 7.66. The van der Waals surface area contributed by atoms with E-state index in [0.29, 0.717) is 12.6 Å². The standard InChI is InChI=1S/C15H24N6.HI/c1-16-15(18-10-13-4-2-3-5-17-13)19-11-14-12-20-6-8-21(14)9-7-20;/h2-5,14H,6-12H2,1H3,(H2,16,18,19);1H. The molecule has 1 atom stereocenters. The van der Waals surface area contributed by atoms with E-state index < -0.39 is 0 Å². The predicted octanol–water partition coefficient (Wildman–Crippen LogP) is 0.364. The number of guanidine groups is 1. The van der Waals surface area contributed by atoms with Gasteiger partial charge in [0.1, 0.15) is 0 Å². The van der Waals surface area contributed by atoms with Crippen LogP contribution in [0.3, 0.4) is 0 Å². The van der Waals surface area contributed by atoms with Gasteiger partial charge >= 0.3 is 0 Å². The summed E-state index contributed by atoms with van der Waals surface area (Å²) in [6.07, 6.45) is 1.81. The molecule has 3 fully saturated rings. The third-order valence-electron chi connectivity index (χ3n) is 4.28. The lowest BCUT2D eigenvalue weighted by atomic mass is 10.1. The highest BCUT2D eigenvalue weighted by Crippen LogP contribution is 2.14. The first-order valence-corrected chi connectivity index (χ1v) is 7.66. The largest absolute Gasteiger partial charge is 0.355 e. The maximum Gasteiger partial charge on any atom is 0.191 e. The van der Waals surface area contributed by atoms with Crippen molar-refractivity contribution in [3.63, 3.8) is 0 Å². The van der Waals surface area contributed by atoms with Crippen LogP contribution in [0.4, 0.5) is 0 Å². The SMILES string of the molecule is CN=C(NCc1ccccn1)NCC1CN2CCN1CC2.I. The number of nitrogens with one attached hydrogen (secondary N) is 2. The number of piperazine rings is 3. The van der Waals surface area contributed by atoms with Gasteiger partial charge in [-0.1, -0.05) is 6.07 Å². The van der Waals surface area contributed by atoms with Gasteiger partial charge in [-0.3, -0.25) is 19.8 Å². The van der Waals surface area contributed by atoms with Gasteiger partial charge in [-0.25, -0.2) is 0 Å². The zero-order valence-electron chi connectivity index (χ0n) is 13.0. The number of nitrogens with zero attached hydrogens (tertiary/aromatic N) is 4. The Morgan fingerprint density at radius 1 is 1.27 bits per heavy atom. The van der Waals surface area contributed by atoms with Gasteiger partial charge in [-0.05, 0) is 12.1 Å². The van der Waals surface area contributed by atoms with Crippen LogP contribution >= 0.6 is 24.0 Å². The van der Waals surface area contributed by atoms with Crippen molar-refractivity contribution in [3.05, 3.63) is 30.1 Å².